The van der Waals surface area contributed by atoms with Gasteiger partial charge in [-0.15, -0.1) is 10.2 Å². The first-order valence-electron chi connectivity index (χ1n) is 13.7. The monoisotopic (exact) mass is 581 g/mol. The Balaban J connectivity index is 1.24. The molecule has 0 saturated carbocycles. The van der Waals surface area contributed by atoms with Crippen molar-refractivity contribution in [2.24, 2.45) is 5.73 Å². The van der Waals surface area contributed by atoms with Crippen LogP contribution in [0.2, 0.25) is 0 Å². The van der Waals surface area contributed by atoms with Gasteiger partial charge in [0.15, 0.2) is 0 Å². The molecular formula is C32H31N5O6. The van der Waals surface area contributed by atoms with Crippen LogP contribution >= 0.6 is 0 Å². The van der Waals surface area contributed by atoms with Gasteiger partial charge in [0, 0.05) is 36.6 Å². The number of hydrogen-bond donors (Lipinski definition) is 2. The van der Waals surface area contributed by atoms with Gasteiger partial charge in [-0.2, -0.15) is 0 Å². The number of amides is 2. The Bertz CT molecular complexity index is 1610. The molecule has 1 atom stereocenters. The van der Waals surface area contributed by atoms with Gasteiger partial charge in [-0.3, -0.25) is 14.4 Å². The highest BCUT2D eigenvalue weighted by Crippen LogP contribution is 2.29. The zero-order valence-corrected chi connectivity index (χ0v) is 23.8. The number of carbonyl (C=O) groups excluding carboxylic acids is 3. The summed E-state index contributed by atoms with van der Waals surface area (Å²) in [5.74, 6) is 0.298. The third-order valence-corrected chi connectivity index (χ3v) is 6.89. The largest absolute Gasteiger partial charge is 0.534 e. The maximum absolute atomic E-state index is 12.0. The third kappa shape index (κ3) is 7.14. The topological polar surface area (TPSA) is 146 Å². The maximum atomic E-state index is 12.0. The van der Waals surface area contributed by atoms with Crippen LogP contribution in [-0.2, 0) is 32.3 Å². The van der Waals surface area contributed by atoms with E-state index in [1.165, 1.54) is 0 Å². The van der Waals surface area contributed by atoms with E-state index in [0.29, 0.717) is 28.7 Å². The van der Waals surface area contributed by atoms with E-state index >= 15 is 0 Å². The minimum absolute atomic E-state index is 0.0139. The lowest BCUT2D eigenvalue weighted by Crippen LogP contribution is -2.32. The van der Waals surface area contributed by atoms with Gasteiger partial charge >= 0.3 is 6.16 Å². The molecule has 4 aromatic rings. The van der Waals surface area contributed by atoms with Crippen LogP contribution < -0.4 is 15.8 Å². The molecule has 1 fully saturated rings. The van der Waals surface area contributed by atoms with Crippen LogP contribution in [0, 0.1) is 0 Å². The van der Waals surface area contributed by atoms with E-state index in [9.17, 15) is 14.4 Å². The van der Waals surface area contributed by atoms with Crippen LogP contribution in [0.15, 0.2) is 78.9 Å². The summed E-state index contributed by atoms with van der Waals surface area (Å²) in [6.07, 6.45) is -1.09. The molecule has 1 aromatic heterocycles. The number of anilines is 1. The van der Waals surface area contributed by atoms with Crippen LogP contribution in [-0.4, -0.2) is 40.3 Å². The molecule has 0 spiro atoms. The standard InChI is InChI=1S/C32H31N5O6/c1-20(33)27-17-28(34-18-21-6-12-26(41-2)13-7-21)35-36-31(27)24-10-8-23(9-11-24)25-5-3-4-22(16-25)19-42-32(40)43-37-29(38)14-15-30(37)39/h3-13,16-17,20H,14-15,18-19,33H2,1-2H3,(H,34,35). The van der Waals surface area contributed by atoms with Crippen molar-refractivity contribution in [1.29, 1.82) is 0 Å². The molecule has 2 heterocycles. The average molecular weight is 582 g/mol. The zero-order chi connectivity index (χ0) is 30.3. The van der Waals surface area contributed by atoms with Crippen LogP contribution in [0.4, 0.5) is 10.6 Å². The number of nitrogens with two attached hydrogens (primary N) is 1. The molecule has 0 bridgehead atoms. The smallest absolute Gasteiger partial charge is 0.497 e. The first-order chi connectivity index (χ1) is 20.8. The van der Waals surface area contributed by atoms with Crippen LogP contribution in [0.3, 0.4) is 0 Å². The number of hydroxylamine groups is 2. The fourth-order valence-electron chi connectivity index (χ4n) is 4.56. The Kier molecular flexibility index (Phi) is 8.92. The Morgan fingerprint density at radius 3 is 2.28 bits per heavy atom. The molecule has 1 saturated heterocycles. The zero-order valence-electron chi connectivity index (χ0n) is 23.8. The van der Waals surface area contributed by atoms with Crippen molar-refractivity contribution in [2.45, 2.75) is 39.0 Å². The molecule has 1 unspecified atom stereocenters. The number of imide groups is 1. The van der Waals surface area contributed by atoms with E-state index < -0.39 is 18.0 Å². The average Bonchev–Trinajstić information content (AvgIpc) is 3.35. The molecule has 43 heavy (non-hydrogen) atoms. The molecule has 1 aliphatic rings. The van der Waals surface area contributed by atoms with Gasteiger partial charge in [-0.1, -0.05) is 59.7 Å². The van der Waals surface area contributed by atoms with Crippen molar-refractivity contribution >= 4 is 23.8 Å². The number of rotatable bonds is 10. The van der Waals surface area contributed by atoms with Crippen molar-refractivity contribution in [3.8, 4) is 28.1 Å². The number of nitrogens with one attached hydrogen (secondary N) is 1. The summed E-state index contributed by atoms with van der Waals surface area (Å²) in [6.45, 7) is 2.40. The fourth-order valence-corrected chi connectivity index (χ4v) is 4.56. The Labute approximate surface area is 248 Å². The normalized spacial score (nSPS) is 13.5. The molecule has 0 aliphatic carbocycles. The third-order valence-electron chi connectivity index (χ3n) is 6.89. The second-order valence-electron chi connectivity index (χ2n) is 10.0. The van der Waals surface area contributed by atoms with Crippen LogP contribution in [0.5, 0.6) is 5.75 Å². The summed E-state index contributed by atoms with van der Waals surface area (Å²) < 4.78 is 10.3. The second-order valence-corrected chi connectivity index (χ2v) is 10.0. The van der Waals surface area contributed by atoms with Crippen molar-refractivity contribution in [3.63, 3.8) is 0 Å². The van der Waals surface area contributed by atoms with Crippen LogP contribution in [0.25, 0.3) is 22.4 Å². The maximum Gasteiger partial charge on any atom is 0.534 e. The number of aromatic nitrogens is 2. The van der Waals surface area contributed by atoms with Gasteiger partial charge in [-0.25, -0.2) is 4.79 Å². The van der Waals surface area contributed by atoms with E-state index in [-0.39, 0.29) is 25.5 Å². The van der Waals surface area contributed by atoms with Gasteiger partial charge in [0.05, 0.1) is 12.8 Å². The van der Waals surface area contributed by atoms with Crippen LogP contribution in [0.1, 0.15) is 42.5 Å². The number of carbonyl (C=O) groups is 3. The Hall–Kier alpha value is -5.29. The molecular weight excluding hydrogens is 550 g/mol. The summed E-state index contributed by atoms with van der Waals surface area (Å²) in [7, 11) is 1.64. The van der Waals surface area contributed by atoms with E-state index in [0.717, 1.165) is 33.6 Å². The highest BCUT2D eigenvalue weighted by Gasteiger charge is 2.33. The molecule has 3 aromatic carbocycles. The van der Waals surface area contributed by atoms with Crippen molar-refractivity contribution in [3.05, 3.63) is 95.6 Å². The molecule has 1 aliphatic heterocycles. The minimum Gasteiger partial charge on any atom is -0.497 e. The number of hydrogen-bond acceptors (Lipinski definition) is 10. The summed E-state index contributed by atoms with van der Waals surface area (Å²) >= 11 is 0. The van der Waals surface area contributed by atoms with E-state index in [1.54, 1.807) is 13.2 Å². The molecule has 11 nitrogen and oxygen atoms in total. The minimum atomic E-state index is -1.12. The number of benzene rings is 3. The van der Waals surface area contributed by atoms with E-state index in [2.05, 4.69) is 15.5 Å². The second kappa shape index (κ2) is 13.1. The van der Waals surface area contributed by atoms with Gasteiger partial charge in [0.1, 0.15) is 18.2 Å². The summed E-state index contributed by atoms with van der Waals surface area (Å²) in [5, 5.41) is 12.6. The number of methoxy groups -OCH3 is 1. The highest BCUT2D eigenvalue weighted by atomic mass is 16.8. The first kappa shape index (κ1) is 29.2. The van der Waals surface area contributed by atoms with E-state index in [1.807, 2.05) is 79.7 Å². The molecule has 3 N–H and O–H groups in total. The number of ether oxygens (including phenoxy) is 2. The Morgan fingerprint density at radius 1 is 0.907 bits per heavy atom. The van der Waals surface area contributed by atoms with Gasteiger partial charge in [0.25, 0.3) is 11.8 Å². The highest BCUT2D eigenvalue weighted by molar-refractivity contribution is 6.01. The van der Waals surface area contributed by atoms with Gasteiger partial charge < -0.3 is 20.5 Å². The van der Waals surface area contributed by atoms with Crippen molar-refractivity contribution < 1.29 is 28.7 Å². The van der Waals surface area contributed by atoms with Crippen molar-refractivity contribution in [1.82, 2.24) is 15.3 Å². The predicted molar refractivity (Wildman–Crippen MR) is 158 cm³/mol. The van der Waals surface area contributed by atoms with Crippen molar-refractivity contribution in [2.75, 3.05) is 12.4 Å². The van der Waals surface area contributed by atoms with E-state index in [4.69, 9.17) is 20.0 Å². The lowest BCUT2D eigenvalue weighted by atomic mass is 9.98. The van der Waals surface area contributed by atoms with Gasteiger partial charge in [0.2, 0.25) is 0 Å². The summed E-state index contributed by atoms with van der Waals surface area (Å²) in [5.41, 5.74) is 12.4. The summed E-state index contributed by atoms with van der Waals surface area (Å²) in [6, 6.07) is 24.8. The first-order valence-corrected chi connectivity index (χ1v) is 13.7. The molecule has 0 radical (unpaired) electrons. The lowest BCUT2D eigenvalue weighted by molar-refractivity contribution is -0.177. The molecule has 11 heteroatoms. The number of nitrogens with zero attached hydrogens (tertiary/aromatic N) is 3. The summed E-state index contributed by atoms with van der Waals surface area (Å²) in [4.78, 5) is 40.0. The van der Waals surface area contributed by atoms with Gasteiger partial charge in [-0.05, 0) is 53.4 Å². The molecule has 5 rings (SSSR count). The molecule has 2 amide bonds. The predicted octanol–water partition coefficient (Wildman–Crippen LogP) is 5.17. The molecule has 220 valence electrons. The SMILES string of the molecule is COc1ccc(CNc2cc(C(C)N)c(-c3ccc(-c4cccc(COC(=O)ON5C(=O)CCC5=O)c4)cc3)nn2)cc1. The fraction of sp³-hybridized carbons (Fsp3) is 0.219. The quantitative estimate of drug-likeness (QED) is 0.190. The lowest BCUT2D eigenvalue weighted by Gasteiger charge is -2.14. The Morgan fingerprint density at radius 2 is 1.60 bits per heavy atom.